The van der Waals surface area contributed by atoms with Crippen LogP contribution in [0.25, 0.3) is 0 Å². The summed E-state index contributed by atoms with van der Waals surface area (Å²) in [6.07, 6.45) is -3.91. The van der Waals surface area contributed by atoms with E-state index in [1.54, 1.807) is 6.07 Å². The van der Waals surface area contributed by atoms with Crippen molar-refractivity contribution in [2.75, 3.05) is 13.1 Å². The number of nitrogens with zero attached hydrogens (tertiary/aromatic N) is 1. The second kappa shape index (κ2) is 7.52. The summed E-state index contributed by atoms with van der Waals surface area (Å²) < 4.78 is 80.0. The molecule has 1 heterocycles. The first-order chi connectivity index (χ1) is 12.6. The predicted molar refractivity (Wildman–Crippen MR) is 96.3 cm³/mol. The van der Waals surface area contributed by atoms with Crippen molar-refractivity contribution in [1.29, 1.82) is 0 Å². The predicted octanol–water partition coefficient (Wildman–Crippen LogP) is 5.18. The maximum Gasteiger partial charge on any atom is 0.416 e. The van der Waals surface area contributed by atoms with Crippen LogP contribution in [0.4, 0.5) is 17.6 Å². The maximum atomic E-state index is 13.7. The van der Waals surface area contributed by atoms with Gasteiger partial charge in [0.15, 0.2) is 0 Å². The fourth-order valence-corrected chi connectivity index (χ4v) is 5.03. The van der Waals surface area contributed by atoms with E-state index in [9.17, 15) is 26.0 Å². The summed E-state index contributed by atoms with van der Waals surface area (Å²) in [5, 5.41) is 0. The summed E-state index contributed by atoms with van der Waals surface area (Å²) in [4.78, 5) is -0.169. The average Bonchev–Trinajstić information content (AvgIpc) is 2.63. The van der Waals surface area contributed by atoms with Gasteiger partial charge in [0.1, 0.15) is 5.82 Å². The molecule has 1 saturated heterocycles. The number of hydrogen-bond donors (Lipinski definition) is 0. The van der Waals surface area contributed by atoms with Gasteiger partial charge in [-0.05, 0) is 64.5 Å². The van der Waals surface area contributed by atoms with Crippen LogP contribution in [0.5, 0.6) is 0 Å². The molecule has 3 rings (SSSR count). The SMILES string of the molecule is O=S(=O)(c1ccc(Br)c(F)c1)N1CCC(c2ccccc2C(F)(F)F)CC1. The molecule has 0 radical (unpaired) electrons. The van der Waals surface area contributed by atoms with Crippen LogP contribution in [-0.4, -0.2) is 25.8 Å². The molecule has 0 spiro atoms. The van der Waals surface area contributed by atoms with E-state index in [-0.39, 0.29) is 46.8 Å². The third kappa shape index (κ3) is 4.20. The number of rotatable bonds is 3. The molecule has 0 aliphatic carbocycles. The van der Waals surface area contributed by atoms with Crippen molar-refractivity contribution >= 4 is 26.0 Å². The van der Waals surface area contributed by atoms with Gasteiger partial charge in [0.2, 0.25) is 10.0 Å². The Bertz CT molecular complexity index is 939. The van der Waals surface area contributed by atoms with Crippen LogP contribution in [0.2, 0.25) is 0 Å². The van der Waals surface area contributed by atoms with Crippen LogP contribution in [0.3, 0.4) is 0 Å². The highest BCUT2D eigenvalue weighted by Crippen LogP contribution is 2.39. The lowest BCUT2D eigenvalue weighted by Crippen LogP contribution is -2.38. The van der Waals surface area contributed by atoms with Gasteiger partial charge in [0.05, 0.1) is 14.9 Å². The van der Waals surface area contributed by atoms with Crippen molar-refractivity contribution in [3.05, 3.63) is 63.9 Å². The molecule has 9 heteroatoms. The molecule has 0 atom stereocenters. The van der Waals surface area contributed by atoms with Crippen molar-refractivity contribution in [3.63, 3.8) is 0 Å². The number of hydrogen-bond acceptors (Lipinski definition) is 2. The van der Waals surface area contributed by atoms with Crippen molar-refractivity contribution in [1.82, 2.24) is 4.31 Å². The Morgan fingerprint density at radius 3 is 2.26 bits per heavy atom. The quantitative estimate of drug-likeness (QED) is 0.586. The zero-order chi connectivity index (χ0) is 19.8. The molecule has 2 aromatic carbocycles. The van der Waals surface area contributed by atoms with Crippen LogP contribution in [0, 0.1) is 5.82 Å². The molecule has 0 unspecified atom stereocenters. The Kier molecular flexibility index (Phi) is 5.65. The summed E-state index contributed by atoms with van der Waals surface area (Å²) in [7, 11) is -3.90. The number of sulfonamides is 1. The van der Waals surface area contributed by atoms with E-state index in [0.717, 1.165) is 12.1 Å². The highest BCUT2D eigenvalue weighted by molar-refractivity contribution is 9.10. The van der Waals surface area contributed by atoms with Crippen molar-refractivity contribution in [2.45, 2.75) is 29.8 Å². The Hall–Kier alpha value is -1.45. The van der Waals surface area contributed by atoms with E-state index in [4.69, 9.17) is 0 Å². The molecule has 3 nitrogen and oxygen atoms in total. The van der Waals surface area contributed by atoms with Crippen molar-refractivity contribution in [2.24, 2.45) is 0 Å². The van der Waals surface area contributed by atoms with E-state index in [1.807, 2.05) is 0 Å². The van der Waals surface area contributed by atoms with E-state index < -0.39 is 27.6 Å². The van der Waals surface area contributed by atoms with E-state index in [2.05, 4.69) is 15.9 Å². The normalized spacial score (nSPS) is 17.2. The summed E-state index contributed by atoms with van der Waals surface area (Å²) in [5.74, 6) is -1.07. The standard InChI is InChI=1S/C18H16BrF4NO2S/c19-16-6-5-13(11-17(16)20)27(25,26)24-9-7-12(8-10-24)14-3-1-2-4-15(14)18(21,22)23/h1-6,11-12H,7-10H2. The van der Waals surface area contributed by atoms with Gasteiger partial charge in [-0.15, -0.1) is 0 Å². The largest absolute Gasteiger partial charge is 0.416 e. The third-order valence-corrected chi connectivity index (χ3v) is 7.23. The maximum absolute atomic E-state index is 13.7. The number of piperidine rings is 1. The number of halogens is 5. The molecule has 0 aromatic heterocycles. The van der Waals surface area contributed by atoms with Crippen LogP contribution >= 0.6 is 15.9 Å². The minimum absolute atomic E-state index is 0.0802. The summed E-state index contributed by atoms with van der Waals surface area (Å²) >= 11 is 2.97. The van der Waals surface area contributed by atoms with Gasteiger partial charge in [0.25, 0.3) is 0 Å². The minimum atomic E-state index is -4.45. The summed E-state index contributed by atoms with van der Waals surface area (Å²) in [6.45, 7) is 0.160. The number of alkyl halides is 3. The molecule has 1 fully saturated rings. The topological polar surface area (TPSA) is 37.4 Å². The van der Waals surface area contributed by atoms with E-state index >= 15 is 0 Å². The Labute approximate surface area is 163 Å². The fourth-order valence-electron chi connectivity index (χ4n) is 3.30. The lowest BCUT2D eigenvalue weighted by atomic mass is 9.87. The van der Waals surface area contributed by atoms with Crippen molar-refractivity contribution < 1.29 is 26.0 Å². The smallest absolute Gasteiger partial charge is 0.207 e. The van der Waals surface area contributed by atoms with Crippen LogP contribution in [0.1, 0.15) is 29.9 Å². The molecule has 146 valence electrons. The van der Waals surface area contributed by atoms with Gasteiger partial charge in [-0.2, -0.15) is 17.5 Å². The molecule has 1 aliphatic heterocycles. The Morgan fingerprint density at radius 2 is 1.67 bits per heavy atom. The van der Waals surface area contributed by atoms with Gasteiger partial charge in [-0.25, -0.2) is 12.8 Å². The van der Waals surface area contributed by atoms with E-state index in [0.29, 0.717) is 0 Å². The molecule has 0 N–H and O–H groups in total. The van der Waals surface area contributed by atoms with Gasteiger partial charge in [-0.1, -0.05) is 18.2 Å². The van der Waals surface area contributed by atoms with Gasteiger partial charge in [0, 0.05) is 13.1 Å². The van der Waals surface area contributed by atoms with Gasteiger partial charge in [-0.3, -0.25) is 0 Å². The van der Waals surface area contributed by atoms with Crippen molar-refractivity contribution in [3.8, 4) is 0 Å². The number of benzene rings is 2. The lowest BCUT2D eigenvalue weighted by molar-refractivity contribution is -0.138. The fraction of sp³-hybridized carbons (Fsp3) is 0.333. The molecule has 0 bridgehead atoms. The Balaban J connectivity index is 1.79. The third-order valence-electron chi connectivity index (χ3n) is 4.69. The first-order valence-electron chi connectivity index (χ1n) is 8.22. The molecular formula is C18H16BrF4NO2S. The molecule has 27 heavy (non-hydrogen) atoms. The first kappa shape index (κ1) is 20.3. The molecule has 2 aromatic rings. The second-order valence-corrected chi connectivity index (χ2v) is 9.13. The Morgan fingerprint density at radius 1 is 1.04 bits per heavy atom. The highest BCUT2D eigenvalue weighted by Gasteiger charge is 2.37. The van der Waals surface area contributed by atoms with Gasteiger partial charge >= 0.3 is 6.18 Å². The highest BCUT2D eigenvalue weighted by atomic mass is 79.9. The average molecular weight is 466 g/mol. The zero-order valence-electron chi connectivity index (χ0n) is 14.0. The molecule has 0 saturated carbocycles. The monoisotopic (exact) mass is 465 g/mol. The minimum Gasteiger partial charge on any atom is -0.207 e. The van der Waals surface area contributed by atoms with Crippen LogP contribution in [0.15, 0.2) is 51.8 Å². The van der Waals surface area contributed by atoms with Crippen LogP contribution in [-0.2, 0) is 16.2 Å². The molecule has 1 aliphatic rings. The zero-order valence-corrected chi connectivity index (χ0v) is 16.4. The molecule has 0 amide bonds. The van der Waals surface area contributed by atoms with Crippen LogP contribution < -0.4 is 0 Å². The lowest BCUT2D eigenvalue weighted by Gasteiger charge is -2.32. The molecular weight excluding hydrogens is 450 g/mol. The second-order valence-electron chi connectivity index (χ2n) is 6.34. The van der Waals surface area contributed by atoms with Gasteiger partial charge < -0.3 is 0 Å². The summed E-state index contributed by atoms with van der Waals surface area (Å²) in [6, 6.07) is 8.93. The van der Waals surface area contributed by atoms with E-state index in [1.165, 1.54) is 28.6 Å². The summed E-state index contributed by atoms with van der Waals surface area (Å²) in [5.41, 5.74) is -0.488. The first-order valence-corrected chi connectivity index (χ1v) is 10.5.